The molecule has 1 fully saturated rings. The molecule has 1 aliphatic rings. The number of hydrogen-bond donors (Lipinski definition) is 1. The summed E-state index contributed by atoms with van der Waals surface area (Å²) in [4.78, 5) is 24.4. The van der Waals surface area contributed by atoms with Gasteiger partial charge in [0, 0.05) is 37.9 Å². The van der Waals surface area contributed by atoms with Gasteiger partial charge < -0.3 is 19.6 Å². The number of piperazine rings is 1. The van der Waals surface area contributed by atoms with Crippen LogP contribution in [0.4, 0.5) is 10.6 Å². The molecule has 1 aromatic carbocycles. The maximum Gasteiger partial charge on any atom is 0.407 e. The van der Waals surface area contributed by atoms with Crippen molar-refractivity contribution in [3.8, 4) is 17.0 Å². The molecule has 0 saturated carbocycles. The van der Waals surface area contributed by atoms with Crippen LogP contribution in [0.5, 0.6) is 5.75 Å². The maximum atomic E-state index is 11.2. The molecule has 0 radical (unpaired) electrons. The van der Waals surface area contributed by atoms with Crippen LogP contribution >= 0.6 is 0 Å². The van der Waals surface area contributed by atoms with E-state index in [1.54, 1.807) is 7.11 Å². The molecule has 2 heterocycles. The van der Waals surface area contributed by atoms with Crippen LogP contribution in [-0.4, -0.2) is 59.4 Å². The summed E-state index contributed by atoms with van der Waals surface area (Å²) in [5.74, 6) is 1.63. The number of rotatable bonds is 6. The van der Waals surface area contributed by atoms with E-state index in [1.807, 2.05) is 30.5 Å². The maximum absolute atomic E-state index is 11.2. The van der Waals surface area contributed by atoms with E-state index in [0.717, 1.165) is 47.8 Å². The van der Waals surface area contributed by atoms with Gasteiger partial charge >= 0.3 is 6.09 Å². The number of amides is 1. The number of aryl methyl sites for hydroxylation is 1. The van der Waals surface area contributed by atoms with E-state index in [1.165, 1.54) is 4.90 Å². The monoisotopic (exact) mass is 370 g/mol. The SMILES string of the molecule is CCCCc1cnc(-c2ccc(OC)cc2)c(N2CCN(C(=O)O)CC2)n1. The summed E-state index contributed by atoms with van der Waals surface area (Å²) in [5.41, 5.74) is 2.77. The number of hydrogen-bond acceptors (Lipinski definition) is 5. The number of carbonyl (C=O) groups is 1. The fraction of sp³-hybridized carbons (Fsp3) is 0.450. The number of anilines is 1. The summed E-state index contributed by atoms with van der Waals surface area (Å²) < 4.78 is 5.24. The van der Waals surface area contributed by atoms with Gasteiger partial charge in [0.05, 0.1) is 12.8 Å². The van der Waals surface area contributed by atoms with E-state index < -0.39 is 6.09 Å². The van der Waals surface area contributed by atoms with E-state index in [9.17, 15) is 9.90 Å². The number of ether oxygens (including phenoxy) is 1. The third-order valence-corrected chi connectivity index (χ3v) is 4.80. The predicted molar refractivity (Wildman–Crippen MR) is 104 cm³/mol. The van der Waals surface area contributed by atoms with Crippen LogP contribution in [0.3, 0.4) is 0 Å². The van der Waals surface area contributed by atoms with Crippen molar-refractivity contribution < 1.29 is 14.6 Å². The summed E-state index contributed by atoms with van der Waals surface area (Å²) >= 11 is 0. The molecule has 27 heavy (non-hydrogen) atoms. The van der Waals surface area contributed by atoms with Crippen molar-refractivity contribution >= 4 is 11.9 Å². The predicted octanol–water partition coefficient (Wildman–Crippen LogP) is 3.29. The Morgan fingerprint density at radius 3 is 2.48 bits per heavy atom. The van der Waals surface area contributed by atoms with Crippen molar-refractivity contribution in [2.75, 3.05) is 38.2 Å². The normalized spacial score (nSPS) is 14.3. The molecule has 1 aliphatic heterocycles. The minimum absolute atomic E-state index is 0.470. The van der Waals surface area contributed by atoms with Gasteiger partial charge in [-0.25, -0.2) is 9.78 Å². The third-order valence-electron chi connectivity index (χ3n) is 4.80. The second kappa shape index (κ2) is 8.70. The van der Waals surface area contributed by atoms with Crippen molar-refractivity contribution in [1.82, 2.24) is 14.9 Å². The van der Waals surface area contributed by atoms with Gasteiger partial charge in [-0.2, -0.15) is 0 Å². The number of benzene rings is 1. The zero-order chi connectivity index (χ0) is 19.2. The third kappa shape index (κ3) is 4.48. The van der Waals surface area contributed by atoms with E-state index in [4.69, 9.17) is 14.7 Å². The van der Waals surface area contributed by atoms with Crippen LogP contribution in [0, 0.1) is 0 Å². The topological polar surface area (TPSA) is 78.8 Å². The quantitative estimate of drug-likeness (QED) is 0.841. The van der Waals surface area contributed by atoms with Gasteiger partial charge in [-0.05, 0) is 37.1 Å². The minimum Gasteiger partial charge on any atom is -0.497 e. The highest BCUT2D eigenvalue weighted by Gasteiger charge is 2.24. The number of aromatic nitrogens is 2. The van der Waals surface area contributed by atoms with Crippen molar-refractivity contribution in [3.05, 3.63) is 36.2 Å². The van der Waals surface area contributed by atoms with Crippen LogP contribution < -0.4 is 9.64 Å². The Bertz CT molecular complexity index is 771. The van der Waals surface area contributed by atoms with Crippen LogP contribution in [0.25, 0.3) is 11.3 Å². The van der Waals surface area contributed by atoms with Gasteiger partial charge in [0.25, 0.3) is 0 Å². The van der Waals surface area contributed by atoms with Crippen LogP contribution in [0.1, 0.15) is 25.5 Å². The van der Waals surface area contributed by atoms with Gasteiger partial charge in [0.2, 0.25) is 0 Å². The molecule has 0 aliphatic carbocycles. The zero-order valence-electron chi connectivity index (χ0n) is 15.9. The molecular formula is C20H26N4O3. The second-order valence-corrected chi connectivity index (χ2v) is 6.62. The number of nitrogens with zero attached hydrogens (tertiary/aromatic N) is 4. The lowest BCUT2D eigenvalue weighted by Crippen LogP contribution is -2.48. The lowest BCUT2D eigenvalue weighted by Gasteiger charge is -2.34. The Kier molecular flexibility index (Phi) is 6.11. The molecule has 144 valence electrons. The molecule has 0 bridgehead atoms. The van der Waals surface area contributed by atoms with E-state index in [-0.39, 0.29) is 0 Å². The number of carboxylic acid groups (broad SMARTS) is 1. The number of methoxy groups -OCH3 is 1. The highest BCUT2D eigenvalue weighted by Crippen LogP contribution is 2.29. The van der Waals surface area contributed by atoms with E-state index in [2.05, 4.69) is 11.8 Å². The van der Waals surface area contributed by atoms with Gasteiger partial charge in [0.15, 0.2) is 5.82 Å². The van der Waals surface area contributed by atoms with Gasteiger partial charge in [-0.1, -0.05) is 13.3 Å². The molecule has 0 atom stereocenters. The molecular weight excluding hydrogens is 344 g/mol. The minimum atomic E-state index is -0.868. The first kappa shape index (κ1) is 18.9. The van der Waals surface area contributed by atoms with Gasteiger partial charge in [-0.3, -0.25) is 4.98 Å². The average Bonchev–Trinajstić information content (AvgIpc) is 2.72. The first-order valence-corrected chi connectivity index (χ1v) is 9.35. The summed E-state index contributed by atoms with van der Waals surface area (Å²) in [6, 6.07) is 7.78. The largest absolute Gasteiger partial charge is 0.497 e. The fourth-order valence-electron chi connectivity index (χ4n) is 3.18. The fourth-order valence-corrected chi connectivity index (χ4v) is 3.18. The Morgan fingerprint density at radius 2 is 1.89 bits per heavy atom. The molecule has 0 spiro atoms. The molecule has 0 unspecified atom stereocenters. The molecule has 2 aromatic rings. The highest BCUT2D eigenvalue weighted by molar-refractivity contribution is 5.73. The van der Waals surface area contributed by atoms with Crippen molar-refractivity contribution in [2.45, 2.75) is 26.2 Å². The van der Waals surface area contributed by atoms with Crippen LogP contribution in [0.2, 0.25) is 0 Å². The molecule has 7 nitrogen and oxygen atoms in total. The van der Waals surface area contributed by atoms with Crippen molar-refractivity contribution in [2.24, 2.45) is 0 Å². The smallest absolute Gasteiger partial charge is 0.407 e. The molecule has 1 aromatic heterocycles. The second-order valence-electron chi connectivity index (χ2n) is 6.62. The lowest BCUT2D eigenvalue weighted by atomic mass is 10.1. The van der Waals surface area contributed by atoms with Crippen LogP contribution in [-0.2, 0) is 6.42 Å². The van der Waals surface area contributed by atoms with Gasteiger partial charge in [-0.15, -0.1) is 0 Å². The Hall–Kier alpha value is -2.83. The van der Waals surface area contributed by atoms with E-state index in [0.29, 0.717) is 26.2 Å². The van der Waals surface area contributed by atoms with Crippen LogP contribution in [0.15, 0.2) is 30.5 Å². The summed E-state index contributed by atoms with van der Waals surface area (Å²) in [6.07, 6.45) is 4.06. The Morgan fingerprint density at radius 1 is 1.19 bits per heavy atom. The molecule has 1 N–H and O–H groups in total. The standard InChI is InChI=1S/C20H26N4O3/c1-3-4-5-16-14-21-18(15-6-8-17(27-2)9-7-15)19(22-16)23-10-12-24(13-11-23)20(25)26/h6-9,14H,3-5,10-13H2,1-2H3,(H,25,26). The van der Waals surface area contributed by atoms with Gasteiger partial charge in [0.1, 0.15) is 11.4 Å². The van der Waals surface area contributed by atoms with Crippen molar-refractivity contribution in [1.29, 1.82) is 0 Å². The van der Waals surface area contributed by atoms with Crippen molar-refractivity contribution in [3.63, 3.8) is 0 Å². The molecule has 1 saturated heterocycles. The highest BCUT2D eigenvalue weighted by atomic mass is 16.5. The number of unbranched alkanes of at least 4 members (excludes halogenated alkanes) is 1. The van der Waals surface area contributed by atoms with E-state index >= 15 is 0 Å². The lowest BCUT2D eigenvalue weighted by molar-refractivity contribution is 0.142. The first-order chi connectivity index (χ1) is 13.1. The summed E-state index contributed by atoms with van der Waals surface area (Å²) in [5, 5.41) is 9.19. The average molecular weight is 370 g/mol. The molecule has 1 amide bonds. The molecule has 7 heteroatoms. The first-order valence-electron chi connectivity index (χ1n) is 9.35. The summed E-state index contributed by atoms with van der Waals surface area (Å²) in [6.45, 7) is 4.32. The Balaban J connectivity index is 1.91. The Labute approximate surface area is 159 Å². The zero-order valence-corrected chi connectivity index (χ0v) is 15.9. The molecule has 3 rings (SSSR count). The summed E-state index contributed by atoms with van der Waals surface area (Å²) in [7, 11) is 1.64.